The Morgan fingerprint density at radius 3 is 2.61 bits per heavy atom. The molecule has 1 rings (SSSR count). The van der Waals surface area contributed by atoms with Gasteiger partial charge < -0.3 is 20.3 Å². The van der Waals surface area contributed by atoms with Gasteiger partial charge in [0.25, 0.3) is 0 Å². The standard InChI is InChI=1S/C13H19NO4/c1-13(2,3)18-12(16)10-8-9(14)4-5-11(10)17-7-6-15/h4-5,8,15H,6-7,14H2,1-3H3. The lowest BCUT2D eigenvalue weighted by molar-refractivity contribution is 0.00652. The van der Waals surface area contributed by atoms with Crippen LogP contribution in [0.25, 0.3) is 0 Å². The van der Waals surface area contributed by atoms with Crippen LogP contribution in [0.2, 0.25) is 0 Å². The monoisotopic (exact) mass is 253 g/mol. The van der Waals surface area contributed by atoms with Crippen molar-refractivity contribution in [3.63, 3.8) is 0 Å². The maximum absolute atomic E-state index is 12.0. The van der Waals surface area contributed by atoms with Crippen molar-refractivity contribution in [2.75, 3.05) is 18.9 Å². The second kappa shape index (κ2) is 5.73. The zero-order valence-corrected chi connectivity index (χ0v) is 10.9. The minimum Gasteiger partial charge on any atom is -0.490 e. The second-order valence-electron chi connectivity index (χ2n) is 4.83. The molecule has 0 radical (unpaired) electrons. The largest absolute Gasteiger partial charge is 0.490 e. The summed E-state index contributed by atoms with van der Waals surface area (Å²) < 4.78 is 10.5. The minimum atomic E-state index is -0.587. The molecule has 18 heavy (non-hydrogen) atoms. The normalized spacial score (nSPS) is 11.1. The van der Waals surface area contributed by atoms with Crippen LogP contribution in [0, 0.1) is 0 Å². The predicted octanol–water partition coefficient (Wildman–Crippen LogP) is 1.60. The highest BCUT2D eigenvalue weighted by molar-refractivity contribution is 5.93. The molecule has 1 aromatic rings. The van der Waals surface area contributed by atoms with Gasteiger partial charge in [-0.05, 0) is 39.0 Å². The fourth-order valence-corrected chi connectivity index (χ4v) is 1.32. The Kier molecular flexibility index (Phi) is 4.55. The molecule has 5 heteroatoms. The Hall–Kier alpha value is -1.75. The molecule has 0 atom stereocenters. The van der Waals surface area contributed by atoms with Gasteiger partial charge in [0.1, 0.15) is 23.5 Å². The van der Waals surface area contributed by atoms with Gasteiger partial charge in [-0.1, -0.05) is 0 Å². The number of ether oxygens (including phenoxy) is 2. The van der Waals surface area contributed by atoms with Crippen molar-refractivity contribution in [1.82, 2.24) is 0 Å². The summed E-state index contributed by atoms with van der Waals surface area (Å²) >= 11 is 0. The van der Waals surface area contributed by atoms with Crippen molar-refractivity contribution < 1.29 is 19.4 Å². The first-order valence-corrected chi connectivity index (χ1v) is 5.70. The maximum Gasteiger partial charge on any atom is 0.342 e. The van der Waals surface area contributed by atoms with E-state index >= 15 is 0 Å². The van der Waals surface area contributed by atoms with Crippen LogP contribution in [0.15, 0.2) is 18.2 Å². The fraction of sp³-hybridized carbons (Fsp3) is 0.462. The van der Waals surface area contributed by atoms with Crippen LogP contribution in [0.1, 0.15) is 31.1 Å². The van der Waals surface area contributed by atoms with Crippen molar-refractivity contribution in [3.05, 3.63) is 23.8 Å². The molecule has 0 bridgehead atoms. The number of hydrogen-bond donors (Lipinski definition) is 2. The van der Waals surface area contributed by atoms with Crippen molar-refractivity contribution in [2.45, 2.75) is 26.4 Å². The third-order valence-electron chi connectivity index (χ3n) is 1.97. The van der Waals surface area contributed by atoms with Crippen LogP contribution < -0.4 is 10.5 Å². The summed E-state index contributed by atoms with van der Waals surface area (Å²) in [6, 6.07) is 4.71. The van der Waals surface area contributed by atoms with Gasteiger partial charge in [0, 0.05) is 5.69 Å². The van der Waals surface area contributed by atoms with E-state index in [0.29, 0.717) is 11.4 Å². The summed E-state index contributed by atoms with van der Waals surface area (Å²) in [7, 11) is 0. The lowest BCUT2D eigenvalue weighted by Gasteiger charge is -2.20. The number of esters is 1. The van der Waals surface area contributed by atoms with E-state index in [2.05, 4.69) is 0 Å². The van der Waals surface area contributed by atoms with Crippen molar-refractivity contribution in [2.24, 2.45) is 0 Å². The molecule has 0 aromatic heterocycles. The Morgan fingerprint density at radius 2 is 2.06 bits per heavy atom. The van der Waals surface area contributed by atoms with Crippen LogP contribution in [-0.2, 0) is 4.74 Å². The van der Waals surface area contributed by atoms with E-state index in [1.54, 1.807) is 32.9 Å². The first-order chi connectivity index (χ1) is 8.33. The fourth-order valence-electron chi connectivity index (χ4n) is 1.32. The van der Waals surface area contributed by atoms with Gasteiger partial charge in [-0.2, -0.15) is 0 Å². The summed E-state index contributed by atoms with van der Waals surface area (Å²) in [5, 5.41) is 8.73. The van der Waals surface area contributed by atoms with Crippen LogP contribution in [0.5, 0.6) is 5.75 Å². The van der Waals surface area contributed by atoms with E-state index in [1.807, 2.05) is 0 Å². The number of hydrogen-bond acceptors (Lipinski definition) is 5. The van der Waals surface area contributed by atoms with E-state index < -0.39 is 11.6 Å². The highest BCUT2D eigenvalue weighted by atomic mass is 16.6. The number of carbonyl (C=O) groups is 1. The smallest absolute Gasteiger partial charge is 0.342 e. The van der Waals surface area contributed by atoms with Gasteiger partial charge in [0.05, 0.1) is 6.61 Å². The third-order valence-corrected chi connectivity index (χ3v) is 1.97. The van der Waals surface area contributed by atoms with Crippen LogP contribution >= 0.6 is 0 Å². The number of aliphatic hydroxyl groups excluding tert-OH is 1. The van der Waals surface area contributed by atoms with Gasteiger partial charge in [0.2, 0.25) is 0 Å². The summed E-state index contributed by atoms with van der Waals surface area (Å²) in [4.78, 5) is 12.0. The lowest BCUT2D eigenvalue weighted by atomic mass is 10.1. The van der Waals surface area contributed by atoms with E-state index in [0.717, 1.165) is 0 Å². The van der Waals surface area contributed by atoms with Gasteiger partial charge in [-0.15, -0.1) is 0 Å². The van der Waals surface area contributed by atoms with Gasteiger partial charge in [0.15, 0.2) is 0 Å². The number of carbonyl (C=O) groups excluding carboxylic acids is 1. The van der Waals surface area contributed by atoms with Gasteiger partial charge in [-0.25, -0.2) is 4.79 Å². The summed E-state index contributed by atoms with van der Waals surface area (Å²) in [6.45, 7) is 5.33. The molecule has 0 unspecified atom stereocenters. The average Bonchev–Trinajstić information content (AvgIpc) is 2.25. The zero-order chi connectivity index (χ0) is 13.8. The molecule has 0 saturated carbocycles. The van der Waals surface area contributed by atoms with Crippen LogP contribution in [0.3, 0.4) is 0 Å². The van der Waals surface area contributed by atoms with E-state index in [4.69, 9.17) is 20.3 Å². The van der Waals surface area contributed by atoms with Gasteiger partial charge >= 0.3 is 5.97 Å². The predicted molar refractivity (Wildman–Crippen MR) is 68.6 cm³/mol. The van der Waals surface area contributed by atoms with E-state index in [-0.39, 0.29) is 18.8 Å². The molecule has 0 spiro atoms. The number of nitrogen functional groups attached to an aromatic ring is 1. The molecule has 5 nitrogen and oxygen atoms in total. The molecule has 0 aliphatic heterocycles. The number of aliphatic hydroxyl groups is 1. The molecule has 0 amide bonds. The average molecular weight is 253 g/mol. The number of anilines is 1. The van der Waals surface area contributed by atoms with Crippen LogP contribution in [0.4, 0.5) is 5.69 Å². The van der Waals surface area contributed by atoms with E-state index in [1.165, 1.54) is 6.07 Å². The first-order valence-electron chi connectivity index (χ1n) is 5.70. The topological polar surface area (TPSA) is 81.8 Å². The lowest BCUT2D eigenvalue weighted by Crippen LogP contribution is -2.24. The summed E-state index contributed by atoms with van der Waals surface area (Å²) in [6.07, 6.45) is 0. The Bertz CT molecular complexity index is 423. The third kappa shape index (κ3) is 4.25. The van der Waals surface area contributed by atoms with Crippen LogP contribution in [-0.4, -0.2) is 29.9 Å². The van der Waals surface area contributed by atoms with E-state index in [9.17, 15) is 4.79 Å². The molecule has 0 aliphatic rings. The molecular formula is C13H19NO4. The quantitative estimate of drug-likeness (QED) is 0.629. The molecule has 1 aromatic carbocycles. The number of rotatable bonds is 4. The molecule has 0 saturated heterocycles. The molecule has 0 heterocycles. The second-order valence-corrected chi connectivity index (χ2v) is 4.83. The summed E-state index contributed by atoms with van der Waals surface area (Å²) in [5.41, 5.74) is 5.77. The zero-order valence-electron chi connectivity index (χ0n) is 10.9. The van der Waals surface area contributed by atoms with Crippen molar-refractivity contribution in [3.8, 4) is 5.75 Å². The van der Waals surface area contributed by atoms with Crippen molar-refractivity contribution in [1.29, 1.82) is 0 Å². The van der Waals surface area contributed by atoms with Crippen molar-refractivity contribution >= 4 is 11.7 Å². The van der Waals surface area contributed by atoms with Gasteiger partial charge in [-0.3, -0.25) is 0 Å². The Morgan fingerprint density at radius 1 is 1.39 bits per heavy atom. The first kappa shape index (κ1) is 14.3. The Labute approximate surface area is 107 Å². The number of benzene rings is 1. The highest BCUT2D eigenvalue weighted by Crippen LogP contribution is 2.24. The minimum absolute atomic E-state index is 0.111. The number of nitrogens with two attached hydrogens (primary N) is 1. The summed E-state index contributed by atoms with van der Waals surface area (Å²) in [5.74, 6) is -0.143. The molecule has 0 aliphatic carbocycles. The highest BCUT2D eigenvalue weighted by Gasteiger charge is 2.21. The molecule has 100 valence electrons. The maximum atomic E-state index is 12.0. The molecule has 0 fully saturated rings. The molecule has 3 N–H and O–H groups in total. The molecular weight excluding hydrogens is 234 g/mol. The Balaban J connectivity index is 2.97. The SMILES string of the molecule is CC(C)(C)OC(=O)c1cc(N)ccc1OCCO.